The van der Waals surface area contributed by atoms with Crippen LogP contribution in [0, 0.1) is 19.8 Å². The van der Waals surface area contributed by atoms with Crippen molar-refractivity contribution < 1.29 is 18.0 Å². The molecule has 0 spiro atoms. The highest BCUT2D eigenvalue weighted by molar-refractivity contribution is 5.83. The topological polar surface area (TPSA) is 23.6 Å². The van der Waals surface area contributed by atoms with Crippen LogP contribution in [0.5, 0.6) is 0 Å². The highest BCUT2D eigenvalue weighted by atomic mass is 19.4. The third kappa shape index (κ3) is 4.11. The molecule has 0 unspecified atom stereocenters. The second kappa shape index (κ2) is 7.39. The van der Waals surface area contributed by atoms with Crippen molar-refractivity contribution in [3.8, 4) is 0 Å². The van der Waals surface area contributed by atoms with Crippen molar-refractivity contribution in [1.29, 1.82) is 0 Å². The SMILES string of the molecule is Cc1cccc([C@@H]2C[C@@H]2C(=O)N2CCN(c3cc(C(F)(F)F)ccc3C)CC2)c1. The second-order valence-electron chi connectivity index (χ2n) is 8.17. The first-order valence-corrected chi connectivity index (χ1v) is 10.0. The van der Waals surface area contributed by atoms with Crippen LogP contribution in [0.25, 0.3) is 0 Å². The molecule has 0 aromatic heterocycles. The molecule has 1 saturated heterocycles. The Balaban J connectivity index is 1.38. The summed E-state index contributed by atoms with van der Waals surface area (Å²) in [5.41, 5.74) is 3.22. The van der Waals surface area contributed by atoms with Gasteiger partial charge in [0.2, 0.25) is 5.91 Å². The molecule has 1 aliphatic carbocycles. The zero-order valence-corrected chi connectivity index (χ0v) is 16.7. The van der Waals surface area contributed by atoms with Crippen LogP contribution in [-0.2, 0) is 11.0 Å². The van der Waals surface area contributed by atoms with E-state index in [9.17, 15) is 18.0 Å². The van der Waals surface area contributed by atoms with Gasteiger partial charge in [0.25, 0.3) is 0 Å². The van der Waals surface area contributed by atoms with Crippen molar-refractivity contribution in [3.63, 3.8) is 0 Å². The predicted molar refractivity (Wildman–Crippen MR) is 107 cm³/mol. The number of carbonyl (C=O) groups excluding carboxylic acids is 1. The molecule has 2 aromatic carbocycles. The molecular formula is C23H25F3N2O. The maximum Gasteiger partial charge on any atom is 0.416 e. The molecule has 2 atom stereocenters. The quantitative estimate of drug-likeness (QED) is 0.738. The molecule has 2 aromatic rings. The van der Waals surface area contributed by atoms with Crippen LogP contribution in [0.3, 0.4) is 0 Å². The minimum atomic E-state index is -4.35. The van der Waals surface area contributed by atoms with Gasteiger partial charge in [-0.25, -0.2) is 0 Å². The largest absolute Gasteiger partial charge is 0.416 e. The van der Waals surface area contributed by atoms with Gasteiger partial charge in [-0.3, -0.25) is 4.79 Å². The summed E-state index contributed by atoms with van der Waals surface area (Å²) >= 11 is 0. The molecule has 1 amide bonds. The monoisotopic (exact) mass is 402 g/mol. The molecule has 154 valence electrons. The van der Waals surface area contributed by atoms with Gasteiger partial charge in [0.1, 0.15) is 0 Å². The fraction of sp³-hybridized carbons (Fsp3) is 0.435. The first kappa shape index (κ1) is 19.8. The van der Waals surface area contributed by atoms with E-state index in [4.69, 9.17) is 0 Å². The second-order valence-corrected chi connectivity index (χ2v) is 8.17. The Labute approximate surface area is 169 Å². The Morgan fingerprint density at radius 2 is 1.72 bits per heavy atom. The van der Waals surface area contributed by atoms with Gasteiger partial charge in [-0.15, -0.1) is 0 Å². The lowest BCUT2D eigenvalue weighted by molar-refractivity contribution is -0.137. The normalized spacial score (nSPS) is 22.0. The lowest BCUT2D eigenvalue weighted by Crippen LogP contribution is -2.49. The van der Waals surface area contributed by atoms with Crippen molar-refractivity contribution in [2.24, 2.45) is 5.92 Å². The average molecular weight is 402 g/mol. The van der Waals surface area contributed by atoms with Gasteiger partial charge < -0.3 is 9.80 Å². The number of amides is 1. The lowest BCUT2D eigenvalue weighted by Gasteiger charge is -2.37. The van der Waals surface area contributed by atoms with E-state index in [0.29, 0.717) is 37.8 Å². The van der Waals surface area contributed by atoms with Crippen LogP contribution in [0.15, 0.2) is 42.5 Å². The smallest absolute Gasteiger partial charge is 0.368 e. The summed E-state index contributed by atoms with van der Waals surface area (Å²) in [6, 6.07) is 12.2. The Kier molecular flexibility index (Phi) is 5.05. The number of rotatable bonds is 3. The summed E-state index contributed by atoms with van der Waals surface area (Å²) in [5.74, 6) is 0.515. The third-order valence-corrected chi connectivity index (χ3v) is 6.05. The minimum Gasteiger partial charge on any atom is -0.368 e. The van der Waals surface area contributed by atoms with Crippen LogP contribution in [0.1, 0.15) is 34.6 Å². The molecule has 2 aliphatic rings. The number of alkyl halides is 3. The van der Waals surface area contributed by atoms with E-state index in [1.165, 1.54) is 23.3 Å². The molecule has 3 nitrogen and oxygen atoms in total. The Morgan fingerprint density at radius 3 is 2.38 bits per heavy atom. The number of halogens is 3. The minimum absolute atomic E-state index is 0.0404. The Morgan fingerprint density at radius 1 is 1.00 bits per heavy atom. The average Bonchev–Trinajstić information content (AvgIpc) is 3.48. The number of nitrogens with zero attached hydrogens (tertiary/aromatic N) is 2. The van der Waals surface area contributed by atoms with Crippen LogP contribution < -0.4 is 4.90 Å². The number of piperazine rings is 1. The van der Waals surface area contributed by atoms with Crippen molar-refractivity contribution in [2.75, 3.05) is 31.1 Å². The lowest BCUT2D eigenvalue weighted by atomic mass is 10.1. The summed E-state index contributed by atoms with van der Waals surface area (Å²) in [4.78, 5) is 16.7. The fourth-order valence-corrected chi connectivity index (χ4v) is 4.27. The van der Waals surface area contributed by atoms with E-state index in [0.717, 1.165) is 18.1 Å². The zero-order valence-electron chi connectivity index (χ0n) is 16.7. The van der Waals surface area contributed by atoms with Crippen LogP contribution in [0.4, 0.5) is 18.9 Å². The van der Waals surface area contributed by atoms with Crippen LogP contribution >= 0.6 is 0 Å². The van der Waals surface area contributed by atoms with E-state index in [2.05, 4.69) is 25.1 Å². The van der Waals surface area contributed by atoms with Gasteiger partial charge in [-0.1, -0.05) is 35.9 Å². The van der Waals surface area contributed by atoms with Gasteiger partial charge in [0.05, 0.1) is 5.56 Å². The van der Waals surface area contributed by atoms with Crippen molar-refractivity contribution in [2.45, 2.75) is 32.4 Å². The molecule has 1 heterocycles. The summed E-state index contributed by atoms with van der Waals surface area (Å²) in [6.45, 7) is 6.07. The van der Waals surface area contributed by atoms with E-state index in [1.807, 2.05) is 22.8 Å². The fourth-order valence-electron chi connectivity index (χ4n) is 4.27. The predicted octanol–water partition coefficient (Wildman–Crippen LogP) is 4.77. The number of hydrogen-bond donors (Lipinski definition) is 0. The number of hydrogen-bond acceptors (Lipinski definition) is 2. The summed E-state index contributed by atoms with van der Waals surface area (Å²) in [6.07, 6.45) is -3.47. The number of anilines is 1. The summed E-state index contributed by atoms with van der Waals surface area (Å²) in [7, 11) is 0. The summed E-state index contributed by atoms with van der Waals surface area (Å²) < 4.78 is 39.2. The van der Waals surface area contributed by atoms with Gasteiger partial charge in [-0.2, -0.15) is 13.2 Å². The van der Waals surface area contributed by atoms with Gasteiger partial charge >= 0.3 is 6.18 Å². The molecule has 6 heteroatoms. The first-order valence-electron chi connectivity index (χ1n) is 10.0. The van der Waals surface area contributed by atoms with E-state index in [-0.39, 0.29) is 11.8 Å². The van der Waals surface area contributed by atoms with Gasteiger partial charge in [-0.05, 0) is 49.4 Å². The molecule has 0 radical (unpaired) electrons. The Hall–Kier alpha value is -2.50. The zero-order chi connectivity index (χ0) is 20.8. The molecular weight excluding hydrogens is 377 g/mol. The highest BCUT2D eigenvalue weighted by Crippen LogP contribution is 2.48. The molecule has 2 fully saturated rings. The maximum atomic E-state index is 13.1. The summed E-state index contributed by atoms with van der Waals surface area (Å²) in [5, 5.41) is 0. The number of aryl methyl sites for hydroxylation is 2. The van der Waals surface area contributed by atoms with Crippen LogP contribution in [-0.4, -0.2) is 37.0 Å². The van der Waals surface area contributed by atoms with E-state index in [1.54, 1.807) is 0 Å². The van der Waals surface area contributed by atoms with Crippen molar-refractivity contribution in [1.82, 2.24) is 4.90 Å². The van der Waals surface area contributed by atoms with Crippen molar-refractivity contribution >= 4 is 11.6 Å². The van der Waals surface area contributed by atoms with Gasteiger partial charge in [0.15, 0.2) is 0 Å². The molecule has 29 heavy (non-hydrogen) atoms. The van der Waals surface area contributed by atoms with E-state index < -0.39 is 11.7 Å². The molecule has 1 aliphatic heterocycles. The van der Waals surface area contributed by atoms with Crippen molar-refractivity contribution in [3.05, 3.63) is 64.7 Å². The molecule has 0 N–H and O–H groups in total. The molecule has 4 rings (SSSR count). The Bertz CT molecular complexity index is 917. The number of carbonyl (C=O) groups is 1. The highest BCUT2D eigenvalue weighted by Gasteiger charge is 2.46. The van der Waals surface area contributed by atoms with E-state index >= 15 is 0 Å². The van der Waals surface area contributed by atoms with Gasteiger partial charge in [0, 0.05) is 37.8 Å². The standard InChI is InChI=1S/C23H25F3N2O/c1-15-4-3-5-17(12-15)19-14-20(19)22(29)28-10-8-27(9-11-28)21-13-18(23(24,25)26)7-6-16(21)2/h3-7,12-13,19-20H,8-11,14H2,1-2H3/t19-,20-/m0/s1. The number of benzene rings is 2. The molecule has 0 bridgehead atoms. The third-order valence-electron chi connectivity index (χ3n) is 6.05. The molecule has 1 saturated carbocycles. The maximum absolute atomic E-state index is 13.1. The first-order chi connectivity index (χ1) is 13.7. The van der Waals surface area contributed by atoms with Crippen LogP contribution in [0.2, 0.25) is 0 Å².